The van der Waals surface area contributed by atoms with Crippen molar-refractivity contribution >= 4 is 75.1 Å². The lowest BCUT2D eigenvalue weighted by Gasteiger charge is -2.09. The normalized spacial score (nSPS) is 9.31. The Morgan fingerprint density at radius 3 is 1.85 bits per heavy atom. The van der Waals surface area contributed by atoms with Gasteiger partial charge in [-0.15, -0.1) is 0 Å². The quantitative estimate of drug-likeness (QED) is 0.121. The monoisotopic (exact) mass is 777 g/mol. The summed E-state index contributed by atoms with van der Waals surface area (Å²) in [6.45, 7) is 9.78. The van der Waals surface area contributed by atoms with Crippen LogP contribution < -0.4 is 5.32 Å². The van der Waals surface area contributed by atoms with Gasteiger partial charge in [0.1, 0.15) is 24.5 Å². The number of halogens is 4. The van der Waals surface area contributed by atoms with Gasteiger partial charge in [-0.25, -0.2) is 8.78 Å². The van der Waals surface area contributed by atoms with Gasteiger partial charge in [0.15, 0.2) is 0 Å². The van der Waals surface area contributed by atoms with Crippen molar-refractivity contribution in [2.75, 3.05) is 25.1 Å². The molecule has 2 N–H and O–H groups in total. The Balaban J connectivity index is 0. The number of anilines is 1. The third kappa shape index (κ3) is 20.4. The van der Waals surface area contributed by atoms with Crippen LogP contribution in [0.1, 0.15) is 50.8 Å². The SMILES string of the molecule is CC(=O)OC(C)=O.CC(=O)OCCNc1cc(C)c(I)cc1F.CC=O.Cc1cc(CCCO)c(F)cc1I. The zero-order chi connectivity index (χ0) is 30.5. The molecule has 0 fully saturated rings. The van der Waals surface area contributed by atoms with Gasteiger partial charge in [-0.05, 0) is 114 Å². The summed E-state index contributed by atoms with van der Waals surface area (Å²) in [5, 5.41) is 11.5. The van der Waals surface area contributed by atoms with Crippen LogP contribution in [0.15, 0.2) is 24.3 Å². The Kier molecular flexibility index (Phi) is 22.6. The van der Waals surface area contributed by atoms with E-state index in [-0.39, 0.29) is 30.8 Å². The van der Waals surface area contributed by atoms with E-state index in [0.29, 0.717) is 30.6 Å². The number of aryl methyl sites for hydroxylation is 3. The number of hydrogen-bond acceptors (Lipinski definition) is 8. The van der Waals surface area contributed by atoms with E-state index in [1.54, 1.807) is 12.1 Å². The van der Waals surface area contributed by atoms with Crippen LogP contribution in [0.25, 0.3) is 0 Å². The number of esters is 3. The van der Waals surface area contributed by atoms with Gasteiger partial charge >= 0.3 is 17.9 Å². The van der Waals surface area contributed by atoms with Crippen molar-refractivity contribution in [3.8, 4) is 0 Å². The average molecular weight is 777 g/mol. The van der Waals surface area contributed by atoms with Crippen LogP contribution in [-0.2, 0) is 35.1 Å². The summed E-state index contributed by atoms with van der Waals surface area (Å²) < 4.78 is 37.2. The maximum absolute atomic E-state index is 13.4. The summed E-state index contributed by atoms with van der Waals surface area (Å²) in [5.74, 6) is -1.91. The van der Waals surface area contributed by atoms with E-state index in [2.05, 4.69) is 55.2 Å². The predicted molar refractivity (Wildman–Crippen MR) is 162 cm³/mol. The highest BCUT2D eigenvalue weighted by atomic mass is 127. The first kappa shape index (κ1) is 38.9. The molecule has 0 saturated carbocycles. The van der Waals surface area contributed by atoms with E-state index in [9.17, 15) is 23.2 Å². The molecule has 2 aromatic rings. The number of hydrogen-bond donors (Lipinski definition) is 2. The molecule has 0 heterocycles. The van der Waals surface area contributed by atoms with Crippen molar-refractivity contribution < 1.29 is 42.5 Å². The summed E-state index contributed by atoms with van der Waals surface area (Å²) >= 11 is 4.20. The molecule has 0 aromatic heterocycles. The van der Waals surface area contributed by atoms with Crippen LogP contribution >= 0.6 is 45.2 Å². The lowest BCUT2D eigenvalue weighted by Crippen LogP contribution is -2.12. The fraction of sp³-hybridized carbons (Fsp3) is 0.407. The van der Waals surface area contributed by atoms with E-state index in [0.717, 1.165) is 24.6 Å². The molecule has 0 unspecified atom stereocenters. The molecular weight excluding hydrogens is 742 g/mol. The average Bonchev–Trinajstić information content (AvgIpc) is 2.81. The Labute approximate surface area is 255 Å². The van der Waals surface area contributed by atoms with Crippen molar-refractivity contribution in [2.45, 2.75) is 54.4 Å². The zero-order valence-electron chi connectivity index (χ0n) is 22.8. The number of rotatable bonds is 7. The van der Waals surface area contributed by atoms with Crippen LogP contribution in [0.5, 0.6) is 0 Å². The molecule has 0 bridgehead atoms. The van der Waals surface area contributed by atoms with Crippen LogP contribution in [-0.4, -0.2) is 49.1 Å². The van der Waals surface area contributed by atoms with E-state index in [1.165, 1.54) is 33.8 Å². The second kappa shape index (κ2) is 22.6. The number of carbonyl (C=O) groups is 4. The fourth-order valence-corrected chi connectivity index (χ4v) is 3.41. The number of aldehydes is 1. The Morgan fingerprint density at radius 1 is 0.923 bits per heavy atom. The lowest BCUT2D eigenvalue weighted by atomic mass is 10.1. The highest BCUT2D eigenvalue weighted by molar-refractivity contribution is 14.1. The molecule has 8 nitrogen and oxygen atoms in total. The molecule has 12 heteroatoms. The first-order valence-electron chi connectivity index (χ1n) is 11.7. The molecule has 218 valence electrons. The van der Waals surface area contributed by atoms with Gasteiger partial charge in [0.25, 0.3) is 0 Å². The molecule has 0 aliphatic carbocycles. The van der Waals surface area contributed by atoms with Crippen molar-refractivity contribution in [3.05, 3.63) is 59.7 Å². The van der Waals surface area contributed by atoms with Crippen LogP contribution in [0.3, 0.4) is 0 Å². The van der Waals surface area contributed by atoms with E-state index in [4.69, 9.17) is 14.6 Å². The Morgan fingerprint density at radius 2 is 1.41 bits per heavy atom. The molecule has 0 aliphatic rings. The minimum absolute atomic E-state index is 0.116. The lowest BCUT2D eigenvalue weighted by molar-refractivity contribution is -0.156. The molecule has 0 radical (unpaired) electrons. The van der Waals surface area contributed by atoms with Crippen molar-refractivity contribution in [3.63, 3.8) is 0 Å². The van der Waals surface area contributed by atoms with Gasteiger partial charge in [0.2, 0.25) is 0 Å². The number of ether oxygens (including phenoxy) is 2. The van der Waals surface area contributed by atoms with Crippen molar-refractivity contribution in [2.24, 2.45) is 0 Å². The second-order valence-electron chi connectivity index (χ2n) is 7.69. The van der Waals surface area contributed by atoms with E-state index in [1.807, 2.05) is 19.9 Å². The number of carbonyl (C=O) groups excluding carboxylic acids is 4. The molecule has 0 aliphatic heterocycles. The number of nitrogens with one attached hydrogen (secondary N) is 1. The maximum atomic E-state index is 13.4. The Bertz CT molecular complexity index is 1070. The van der Waals surface area contributed by atoms with Gasteiger partial charge in [0.05, 0.1) is 5.69 Å². The number of aliphatic hydroxyl groups is 1. The van der Waals surface area contributed by atoms with Gasteiger partial charge in [-0.1, -0.05) is 6.07 Å². The molecule has 2 aromatic carbocycles. The van der Waals surface area contributed by atoms with Gasteiger partial charge < -0.3 is 24.7 Å². The van der Waals surface area contributed by atoms with Crippen LogP contribution in [0.4, 0.5) is 14.5 Å². The molecule has 0 amide bonds. The molecule has 0 saturated heterocycles. The van der Waals surface area contributed by atoms with Gasteiger partial charge in [0, 0.05) is 41.1 Å². The standard InChI is InChI=1S/C11H13FINO2.C10H12FIO.C4H6O3.C2H4O/c1-7-5-11(9(12)6-10(7)13)14-3-4-16-8(2)15;1-7-5-8(3-2-4-13)9(11)6-10(7)12;1-3(5)7-4(2)6;1-2-3/h5-6,14H,3-4H2,1-2H3;5-6,13H,2-4H2,1H3;1-2H3;2H,1H3. The van der Waals surface area contributed by atoms with E-state index >= 15 is 0 Å². The fourth-order valence-electron chi connectivity index (χ4n) is 2.55. The summed E-state index contributed by atoms with van der Waals surface area (Å²) in [6, 6.07) is 6.62. The zero-order valence-corrected chi connectivity index (χ0v) is 27.1. The first-order chi connectivity index (χ1) is 18.2. The maximum Gasteiger partial charge on any atom is 0.310 e. The summed E-state index contributed by atoms with van der Waals surface area (Å²) in [5.41, 5.74) is 3.24. The van der Waals surface area contributed by atoms with Crippen LogP contribution in [0, 0.1) is 32.6 Å². The third-order valence-electron chi connectivity index (χ3n) is 4.19. The molecular formula is C27H35F2I2NO7. The van der Waals surface area contributed by atoms with Gasteiger partial charge in [-0.2, -0.15) is 0 Å². The summed E-state index contributed by atoms with van der Waals surface area (Å²) in [4.78, 5) is 38.9. The largest absolute Gasteiger partial charge is 0.464 e. The summed E-state index contributed by atoms with van der Waals surface area (Å²) in [6.07, 6.45) is 1.98. The highest BCUT2D eigenvalue weighted by Gasteiger charge is 2.06. The molecule has 0 atom stereocenters. The molecule has 2 rings (SSSR count). The van der Waals surface area contributed by atoms with E-state index < -0.39 is 11.9 Å². The highest BCUT2D eigenvalue weighted by Crippen LogP contribution is 2.21. The molecule has 0 spiro atoms. The number of aliphatic hydroxyl groups excluding tert-OH is 1. The number of benzene rings is 2. The Hall–Kier alpha value is -2.20. The molecule has 39 heavy (non-hydrogen) atoms. The topological polar surface area (TPSA) is 119 Å². The minimum Gasteiger partial charge on any atom is -0.464 e. The van der Waals surface area contributed by atoms with Gasteiger partial charge in [-0.3, -0.25) is 14.4 Å². The minimum atomic E-state index is -0.562. The second-order valence-corrected chi connectivity index (χ2v) is 10.0. The third-order valence-corrected chi connectivity index (χ3v) is 6.51. The summed E-state index contributed by atoms with van der Waals surface area (Å²) in [7, 11) is 0. The smallest absolute Gasteiger partial charge is 0.310 e. The predicted octanol–water partition coefficient (Wildman–Crippen LogP) is 5.68. The van der Waals surface area contributed by atoms with Crippen LogP contribution in [0.2, 0.25) is 0 Å². The first-order valence-corrected chi connectivity index (χ1v) is 13.8. The van der Waals surface area contributed by atoms with Crippen molar-refractivity contribution in [1.82, 2.24) is 0 Å². The van der Waals surface area contributed by atoms with Crippen molar-refractivity contribution in [1.29, 1.82) is 0 Å².